The van der Waals surface area contributed by atoms with Crippen molar-refractivity contribution < 1.29 is 52.7 Å². The van der Waals surface area contributed by atoms with Crippen LogP contribution in [0.2, 0.25) is 0 Å². The summed E-state index contributed by atoms with van der Waals surface area (Å²) in [6, 6.07) is 7.73. The second-order valence-corrected chi connectivity index (χ2v) is 5.57. The Balaban J connectivity index is 0.00000147. The number of carbonyl (C=O) groups is 2. The predicted molar refractivity (Wildman–Crippen MR) is 65.8 cm³/mol. The van der Waals surface area contributed by atoms with Gasteiger partial charge >= 0.3 is 35.5 Å². The van der Waals surface area contributed by atoms with E-state index in [1.165, 1.54) is 6.07 Å². The van der Waals surface area contributed by atoms with E-state index in [0.717, 1.165) is 0 Å². The SMILES string of the molecule is O=C(O)c1cc2ccccc2c2c1S(=O)(=O)[N-]C2=O.[Na+]. The molecule has 1 N–H and O–H groups in total. The third-order valence-corrected chi connectivity index (χ3v) is 4.25. The number of nitrogens with zero attached hydrogens (tertiary/aromatic N) is 1. The maximum atomic E-state index is 11.8. The Morgan fingerprint density at radius 3 is 2.50 bits per heavy atom. The molecule has 1 aliphatic heterocycles. The van der Waals surface area contributed by atoms with E-state index in [2.05, 4.69) is 4.72 Å². The molecule has 2 aromatic carbocycles. The average molecular weight is 299 g/mol. The molecule has 0 spiro atoms. The van der Waals surface area contributed by atoms with Crippen molar-refractivity contribution in [2.24, 2.45) is 0 Å². The molecule has 0 fully saturated rings. The second kappa shape index (κ2) is 4.85. The Bertz CT molecular complexity index is 860. The van der Waals surface area contributed by atoms with Gasteiger partial charge in [0.1, 0.15) is 10.0 Å². The Hall–Kier alpha value is -1.41. The van der Waals surface area contributed by atoms with Crippen molar-refractivity contribution in [3.8, 4) is 0 Å². The average Bonchev–Trinajstić information content (AvgIpc) is 2.59. The number of rotatable bonds is 1. The van der Waals surface area contributed by atoms with E-state index in [0.29, 0.717) is 10.8 Å². The van der Waals surface area contributed by atoms with Crippen molar-refractivity contribution >= 4 is 32.7 Å². The van der Waals surface area contributed by atoms with Gasteiger partial charge in [0, 0.05) is 5.56 Å². The van der Waals surface area contributed by atoms with Gasteiger partial charge in [-0.15, -0.1) is 0 Å². The summed E-state index contributed by atoms with van der Waals surface area (Å²) in [6.07, 6.45) is 0. The van der Waals surface area contributed by atoms with E-state index >= 15 is 0 Å². The topological polar surface area (TPSA) is 103 Å². The minimum absolute atomic E-state index is 0. The first-order valence-electron chi connectivity index (χ1n) is 5.23. The van der Waals surface area contributed by atoms with Gasteiger partial charge in [0.25, 0.3) is 0 Å². The van der Waals surface area contributed by atoms with Crippen molar-refractivity contribution in [3.63, 3.8) is 0 Å². The Labute approximate surface area is 136 Å². The van der Waals surface area contributed by atoms with E-state index in [1.54, 1.807) is 24.3 Å². The fourth-order valence-corrected chi connectivity index (χ4v) is 3.45. The minimum atomic E-state index is -4.23. The predicted octanol–water partition coefficient (Wildman–Crippen LogP) is -1.24. The quantitative estimate of drug-likeness (QED) is 0.663. The molecule has 96 valence electrons. The summed E-state index contributed by atoms with van der Waals surface area (Å²) in [6.45, 7) is 0. The molecule has 0 bridgehead atoms. The molecule has 0 atom stereocenters. The molecule has 6 nitrogen and oxygen atoms in total. The van der Waals surface area contributed by atoms with Gasteiger partial charge in [-0.2, -0.15) is 0 Å². The maximum Gasteiger partial charge on any atom is 1.00 e. The third kappa shape index (κ3) is 2.03. The zero-order valence-corrected chi connectivity index (χ0v) is 13.1. The molecular weight excluding hydrogens is 293 g/mol. The fourth-order valence-electron chi connectivity index (χ4n) is 2.17. The van der Waals surface area contributed by atoms with Gasteiger partial charge in [0.15, 0.2) is 0 Å². The van der Waals surface area contributed by atoms with E-state index in [9.17, 15) is 18.0 Å². The smallest absolute Gasteiger partial charge is 0.537 e. The Morgan fingerprint density at radius 1 is 1.20 bits per heavy atom. The van der Waals surface area contributed by atoms with Crippen LogP contribution in [0, 0.1) is 0 Å². The van der Waals surface area contributed by atoms with Crippen LogP contribution in [0.25, 0.3) is 15.5 Å². The number of carboxylic acids is 1. The molecular formula is C12H6NNaO5S. The van der Waals surface area contributed by atoms with Crippen LogP contribution in [0.5, 0.6) is 0 Å². The molecule has 0 aliphatic carbocycles. The largest absolute Gasteiger partial charge is 1.00 e. The fraction of sp³-hybridized carbons (Fsp3) is 0. The molecule has 0 radical (unpaired) electrons. The third-order valence-electron chi connectivity index (χ3n) is 2.91. The van der Waals surface area contributed by atoms with E-state index in [1.807, 2.05) is 0 Å². The minimum Gasteiger partial charge on any atom is -0.537 e. The maximum absolute atomic E-state index is 11.8. The summed E-state index contributed by atoms with van der Waals surface area (Å²) < 4.78 is 26.6. The number of fused-ring (bicyclic) bond motifs is 3. The van der Waals surface area contributed by atoms with Crippen LogP contribution < -0.4 is 29.6 Å². The summed E-state index contributed by atoms with van der Waals surface area (Å²) in [5.74, 6) is -2.33. The van der Waals surface area contributed by atoms with Crippen molar-refractivity contribution in [3.05, 3.63) is 46.2 Å². The van der Waals surface area contributed by atoms with E-state index in [-0.39, 0.29) is 35.1 Å². The summed E-state index contributed by atoms with van der Waals surface area (Å²) in [5, 5.41) is 9.98. The summed E-state index contributed by atoms with van der Waals surface area (Å²) in [4.78, 5) is 22.4. The van der Waals surface area contributed by atoms with Gasteiger partial charge in [-0.1, -0.05) is 24.3 Å². The first kappa shape index (κ1) is 15.0. The number of amides is 1. The Morgan fingerprint density at radius 2 is 1.85 bits per heavy atom. The van der Waals surface area contributed by atoms with Crippen LogP contribution in [-0.2, 0) is 10.0 Å². The van der Waals surface area contributed by atoms with Crippen LogP contribution in [-0.4, -0.2) is 25.4 Å². The van der Waals surface area contributed by atoms with Crippen molar-refractivity contribution in [2.45, 2.75) is 4.90 Å². The number of carbonyl (C=O) groups excluding carboxylic acids is 1. The first-order valence-corrected chi connectivity index (χ1v) is 6.67. The normalized spacial score (nSPS) is 15.3. The van der Waals surface area contributed by atoms with Gasteiger partial charge in [-0.3, -0.25) is 0 Å². The van der Waals surface area contributed by atoms with Gasteiger partial charge < -0.3 is 14.6 Å². The monoisotopic (exact) mass is 299 g/mol. The van der Waals surface area contributed by atoms with Crippen LogP contribution in [0.4, 0.5) is 0 Å². The summed E-state index contributed by atoms with van der Waals surface area (Å²) in [5.41, 5.74) is -0.584. The molecule has 2 aromatic rings. The van der Waals surface area contributed by atoms with Crippen LogP contribution in [0.1, 0.15) is 20.7 Å². The molecule has 1 aliphatic rings. The van der Waals surface area contributed by atoms with Gasteiger partial charge in [-0.05, 0) is 16.8 Å². The van der Waals surface area contributed by atoms with Gasteiger partial charge in [-0.25, -0.2) is 13.2 Å². The van der Waals surface area contributed by atoms with Gasteiger partial charge in [0.2, 0.25) is 0 Å². The number of hydrogen-bond acceptors (Lipinski definition) is 4. The summed E-state index contributed by atoms with van der Waals surface area (Å²) >= 11 is 0. The molecule has 0 aromatic heterocycles. The molecule has 8 heteroatoms. The molecule has 20 heavy (non-hydrogen) atoms. The zero-order valence-electron chi connectivity index (χ0n) is 10.3. The number of aromatic carboxylic acids is 1. The number of sulfonamides is 1. The summed E-state index contributed by atoms with van der Waals surface area (Å²) in [7, 11) is -4.23. The van der Waals surface area contributed by atoms with E-state index < -0.39 is 32.4 Å². The first-order chi connectivity index (χ1) is 8.92. The molecule has 0 saturated carbocycles. The number of carboxylic acid groups (broad SMARTS) is 1. The van der Waals surface area contributed by atoms with Crippen LogP contribution >= 0.6 is 0 Å². The molecule has 0 saturated heterocycles. The van der Waals surface area contributed by atoms with Crippen LogP contribution in [0.15, 0.2) is 35.2 Å². The molecule has 0 unspecified atom stereocenters. The molecule has 1 amide bonds. The number of benzene rings is 2. The Kier molecular flexibility index (Phi) is 3.64. The second-order valence-electron chi connectivity index (χ2n) is 4.03. The number of hydrogen-bond donors (Lipinski definition) is 1. The van der Waals surface area contributed by atoms with Crippen molar-refractivity contribution in [2.75, 3.05) is 0 Å². The van der Waals surface area contributed by atoms with Crippen LogP contribution in [0.3, 0.4) is 0 Å². The standard InChI is InChI=1S/C12H7NO5S.Na/c14-11-9-7-4-2-1-3-6(7)5-8(12(15)16)10(9)19(17,18)13-11;/h1-5H,(H2,13,14,15,16);/q;+1/p-1. The molecule has 1 heterocycles. The molecule has 3 rings (SSSR count). The van der Waals surface area contributed by atoms with Crippen molar-refractivity contribution in [1.82, 2.24) is 0 Å². The van der Waals surface area contributed by atoms with Gasteiger partial charge in [0.05, 0.1) is 16.4 Å². The van der Waals surface area contributed by atoms with E-state index in [4.69, 9.17) is 5.11 Å². The van der Waals surface area contributed by atoms with Crippen molar-refractivity contribution in [1.29, 1.82) is 0 Å². The zero-order chi connectivity index (χ0) is 13.8.